The van der Waals surface area contributed by atoms with Gasteiger partial charge in [0.15, 0.2) is 0 Å². The van der Waals surface area contributed by atoms with Crippen LogP contribution in [-0.4, -0.2) is 43.1 Å². The molecular formula is C15H19N3O3. The predicted octanol–water partition coefficient (Wildman–Crippen LogP) is 1.43. The van der Waals surface area contributed by atoms with E-state index in [4.69, 9.17) is 10.5 Å². The third-order valence-electron chi connectivity index (χ3n) is 4.29. The van der Waals surface area contributed by atoms with Crippen molar-refractivity contribution in [1.29, 1.82) is 0 Å². The second-order valence-corrected chi connectivity index (χ2v) is 5.85. The Morgan fingerprint density at radius 3 is 2.90 bits per heavy atom. The van der Waals surface area contributed by atoms with E-state index in [2.05, 4.69) is 5.32 Å². The zero-order valence-corrected chi connectivity index (χ0v) is 11.8. The van der Waals surface area contributed by atoms with Crippen LogP contribution in [0.15, 0.2) is 24.3 Å². The molecule has 0 bridgehead atoms. The minimum atomic E-state index is -0.636. The minimum Gasteiger partial charge on any atom is -0.381 e. The number of carbonyl (C=O) groups excluding carboxylic acids is 2. The van der Waals surface area contributed by atoms with Gasteiger partial charge in [0.1, 0.15) is 0 Å². The van der Waals surface area contributed by atoms with Gasteiger partial charge in [-0.1, -0.05) is 6.07 Å². The van der Waals surface area contributed by atoms with Crippen LogP contribution >= 0.6 is 0 Å². The van der Waals surface area contributed by atoms with Crippen molar-refractivity contribution < 1.29 is 14.3 Å². The molecule has 0 radical (unpaired) electrons. The first kappa shape index (κ1) is 13.9. The first-order valence-electron chi connectivity index (χ1n) is 7.12. The second kappa shape index (κ2) is 5.37. The van der Waals surface area contributed by atoms with E-state index >= 15 is 0 Å². The molecule has 2 fully saturated rings. The van der Waals surface area contributed by atoms with Crippen LogP contribution in [0.1, 0.15) is 23.2 Å². The molecule has 3 N–H and O–H groups in total. The van der Waals surface area contributed by atoms with Crippen LogP contribution in [-0.2, 0) is 4.74 Å². The Labute approximate surface area is 123 Å². The molecule has 3 amide bonds. The summed E-state index contributed by atoms with van der Waals surface area (Å²) >= 11 is 0. The number of amides is 3. The van der Waals surface area contributed by atoms with E-state index in [9.17, 15) is 9.59 Å². The van der Waals surface area contributed by atoms with Crippen molar-refractivity contribution in [3.05, 3.63) is 29.8 Å². The molecule has 1 spiro atoms. The van der Waals surface area contributed by atoms with Crippen molar-refractivity contribution in [3.63, 3.8) is 0 Å². The van der Waals surface area contributed by atoms with Crippen molar-refractivity contribution >= 4 is 17.6 Å². The molecule has 6 heteroatoms. The van der Waals surface area contributed by atoms with Crippen LogP contribution in [0.2, 0.25) is 0 Å². The Morgan fingerprint density at radius 1 is 1.33 bits per heavy atom. The van der Waals surface area contributed by atoms with Gasteiger partial charge in [0.2, 0.25) is 0 Å². The molecule has 1 atom stereocenters. The molecule has 3 rings (SSSR count). The van der Waals surface area contributed by atoms with E-state index in [0.717, 1.165) is 39.1 Å². The van der Waals surface area contributed by atoms with Gasteiger partial charge in [-0.15, -0.1) is 0 Å². The van der Waals surface area contributed by atoms with E-state index in [1.807, 2.05) is 4.90 Å². The fraction of sp³-hybridized carbons (Fsp3) is 0.467. The van der Waals surface area contributed by atoms with E-state index < -0.39 is 6.03 Å². The highest BCUT2D eigenvalue weighted by molar-refractivity contribution is 5.96. The average Bonchev–Trinajstić information content (AvgIpc) is 3.08. The van der Waals surface area contributed by atoms with Crippen molar-refractivity contribution in [2.24, 2.45) is 11.1 Å². The number of nitrogens with one attached hydrogen (secondary N) is 1. The number of anilines is 1. The monoisotopic (exact) mass is 289 g/mol. The summed E-state index contributed by atoms with van der Waals surface area (Å²) in [6.45, 7) is 3.05. The number of likely N-dealkylation sites (tertiary alicyclic amines) is 1. The average molecular weight is 289 g/mol. The molecule has 6 nitrogen and oxygen atoms in total. The van der Waals surface area contributed by atoms with Crippen molar-refractivity contribution in [3.8, 4) is 0 Å². The maximum absolute atomic E-state index is 12.6. The summed E-state index contributed by atoms with van der Waals surface area (Å²) < 4.78 is 5.48. The Morgan fingerprint density at radius 2 is 2.19 bits per heavy atom. The fourth-order valence-corrected chi connectivity index (χ4v) is 3.13. The Kier molecular flexibility index (Phi) is 3.55. The number of urea groups is 1. The second-order valence-electron chi connectivity index (χ2n) is 5.85. The zero-order chi connectivity index (χ0) is 14.9. The van der Waals surface area contributed by atoms with Gasteiger partial charge in [-0.05, 0) is 31.0 Å². The number of ether oxygens (including phenoxy) is 1. The number of nitrogens with zero attached hydrogens (tertiary/aromatic N) is 1. The smallest absolute Gasteiger partial charge is 0.316 e. The van der Waals surface area contributed by atoms with Gasteiger partial charge in [-0.3, -0.25) is 4.79 Å². The molecule has 1 aromatic rings. The molecule has 0 aromatic heterocycles. The van der Waals surface area contributed by atoms with Crippen molar-refractivity contribution in [1.82, 2.24) is 4.90 Å². The highest BCUT2D eigenvalue weighted by atomic mass is 16.5. The lowest BCUT2D eigenvalue weighted by Gasteiger charge is -2.22. The number of benzene rings is 1. The van der Waals surface area contributed by atoms with Gasteiger partial charge >= 0.3 is 6.03 Å². The Bertz CT molecular complexity index is 567. The number of carbonyl (C=O) groups is 2. The summed E-state index contributed by atoms with van der Waals surface area (Å²) in [6.07, 6.45) is 2.03. The molecule has 2 aliphatic heterocycles. The van der Waals surface area contributed by atoms with Crippen LogP contribution in [0.5, 0.6) is 0 Å². The number of rotatable bonds is 2. The summed E-state index contributed by atoms with van der Waals surface area (Å²) in [7, 11) is 0. The van der Waals surface area contributed by atoms with Crippen LogP contribution in [0.25, 0.3) is 0 Å². The lowest BCUT2D eigenvalue weighted by molar-refractivity contribution is 0.0765. The lowest BCUT2D eigenvalue weighted by Crippen LogP contribution is -2.32. The van der Waals surface area contributed by atoms with Gasteiger partial charge in [0.25, 0.3) is 5.91 Å². The molecule has 0 aliphatic carbocycles. The van der Waals surface area contributed by atoms with Crippen LogP contribution in [0, 0.1) is 5.41 Å². The van der Waals surface area contributed by atoms with E-state index in [0.29, 0.717) is 11.3 Å². The van der Waals surface area contributed by atoms with Gasteiger partial charge < -0.3 is 20.7 Å². The summed E-state index contributed by atoms with van der Waals surface area (Å²) in [5.74, 6) is -0.00750. The maximum Gasteiger partial charge on any atom is 0.316 e. The van der Waals surface area contributed by atoms with Crippen LogP contribution < -0.4 is 11.1 Å². The van der Waals surface area contributed by atoms with Gasteiger partial charge in [0.05, 0.1) is 6.61 Å². The molecule has 21 heavy (non-hydrogen) atoms. The number of primary amides is 1. The van der Waals surface area contributed by atoms with Crippen molar-refractivity contribution in [2.45, 2.75) is 12.8 Å². The molecular weight excluding hydrogens is 270 g/mol. The summed E-state index contributed by atoms with van der Waals surface area (Å²) in [5.41, 5.74) is 6.34. The summed E-state index contributed by atoms with van der Waals surface area (Å²) in [5, 5.41) is 2.49. The van der Waals surface area contributed by atoms with Crippen molar-refractivity contribution in [2.75, 3.05) is 31.6 Å². The van der Waals surface area contributed by atoms with Crippen LogP contribution in [0.3, 0.4) is 0 Å². The first-order chi connectivity index (χ1) is 10.1. The first-order valence-corrected chi connectivity index (χ1v) is 7.12. The topological polar surface area (TPSA) is 84.7 Å². The fourth-order valence-electron chi connectivity index (χ4n) is 3.13. The normalized spacial score (nSPS) is 24.5. The third-order valence-corrected chi connectivity index (χ3v) is 4.29. The van der Waals surface area contributed by atoms with E-state index in [-0.39, 0.29) is 11.3 Å². The highest BCUT2D eigenvalue weighted by Crippen LogP contribution is 2.38. The van der Waals surface area contributed by atoms with Gasteiger partial charge in [-0.2, -0.15) is 0 Å². The molecule has 1 aromatic carbocycles. The van der Waals surface area contributed by atoms with E-state index in [1.54, 1.807) is 24.3 Å². The molecule has 112 valence electrons. The maximum atomic E-state index is 12.6. The third kappa shape index (κ3) is 2.85. The lowest BCUT2D eigenvalue weighted by atomic mass is 9.87. The van der Waals surface area contributed by atoms with E-state index in [1.165, 1.54) is 0 Å². The zero-order valence-electron chi connectivity index (χ0n) is 11.8. The largest absolute Gasteiger partial charge is 0.381 e. The van der Waals surface area contributed by atoms with Crippen LogP contribution in [0.4, 0.5) is 10.5 Å². The quantitative estimate of drug-likeness (QED) is 0.863. The number of hydrogen-bond donors (Lipinski definition) is 2. The van der Waals surface area contributed by atoms with Gasteiger partial charge in [0, 0.05) is 36.4 Å². The standard InChI is InChI=1S/C15H19N3O3/c16-14(20)17-12-3-1-2-11(8-12)13(19)18-6-4-15(9-18)5-7-21-10-15/h1-3,8H,4-7,9-10H2,(H3,16,17,20). The SMILES string of the molecule is NC(=O)Nc1cccc(C(=O)N2CCC3(CCOC3)C2)c1. The molecule has 2 saturated heterocycles. The molecule has 0 saturated carbocycles. The number of nitrogens with two attached hydrogens (primary N) is 1. The summed E-state index contributed by atoms with van der Waals surface area (Å²) in [4.78, 5) is 25.3. The molecule has 2 heterocycles. The predicted molar refractivity (Wildman–Crippen MR) is 78.0 cm³/mol. The Balaban J connectivity index is 1.72. The highest BCUT2D eigenvalue weighted by Gasteiger charge is 2.42. The molecule has 1 unspecified atom stereocenters. The molecule has 2 aliphatic rings. The van der Waals surface area contributed by atoms with Gasteiger partial charge in [-0.25, -0.2) is 4.79 Å². The Hall–Kier alpha value is -2.08. The number of hydrogen-bond acceptors (Lipinski definition) is 3. The summed E-state index contributed by atoms with van der Waals surface area (Å²) in [6, 6.07) is 6.22. The minimum absolute atomic E-state index is 0.00750.